The molecule has 0 bridgehead atoms. The normalized spacial score (nSPS) is 18.5. The van der Waals surface area contributed by atoms with Crippen LogP contribution in [0.4, 0.5) is 4.39 Å². The summed E-state index contributed by atoms with van der Waals surface area (Å²) < 4.78 is 26.4. The summed E-state index contributed by atoms with van der Waals surface area (Å²) in [5.41, 5.74) is 4.36. The molecule has 3 aromatic carbocycles. The molecule has 6 heteroatoms. The van der Waals surface area contributed by atoms with Crippen molar-refractivity contribution in [2.45, 2.75) is 71.2 Å². The Balaban J connectivity index is 1.61. The van der Waals surface area contributed by atoms with E-state index in [4.69, 9.17) is 14.6 Å². The van der Waals surface area contributed by atoms with Gasteiger partial charge in [0.15, 0.2) is 0 Å². The highest BCUT2D eigenvalue weighted by molar-refractivity contribution is 5.70. The van der Waals surface area contributed by atoms with E-state index in [1.54, 1.807) is 19.2 Å². The van der Waals surface area contributed by atoms with E-state index in [2.05, 4.69) is 24.8 Å². The minimum Gasteiger partial charge on any atom is -0.497 e. The predicted octanol–water partition coefficient (Wildman–Crippen LogP) is 7.03. The van der Waals surface area contributed by atoms with E-state index < -0.39 is 5.97 Å². The maximum Gasteiger partial charge on any atom is 0.303 e. The fourth-order valence-corrected chi connectivity index (χ4v) is 5.18. The number of benzene rings is 3. The van der Waals surface area contributed by atoms with Gasteiger partial charge in [-0.3, -0.25) is 9.69 Å². The van der Waals surface area contributed by atoms with Crippen LogP contribution in [0.3, 0.4) is 0 Å². The second kappa shape index (κ2) is 11.8. The molecule has 0 aliphatic carbocycles. The number of likely N-dealkylation sites (tertiary alicyclic amines) is 1. The highest BCUT2D eigenvalue weighted by atomic mass is 19.1. The Morgan fingerprint density at radius 2 is 1.78 bits per heavy atom. The maximum atomic E-state index is 15.0. The number of rotatable bonds is 10. The third kappa shape index (κ3) is 6.50. The van der Waals surface area contributed by atoms with Crippen LogP contribution >= 0.6 is 0 Å². The van der Waals surface area contributed by atoms with Crippen molar-refractivity contribution < 1.29 is 23.8 Å². The van der Waals surface area contributed by atoms with Gasteiger partial charge in [-0.15, -0.1) is 0 Å². The molecule has 1 unspecified atom stereocenters. The van der Waals surface area contributed by atoms with E-state index in [1.807, 2.05) is 43.3 Å². The van der Waals surface area contributed by atoms with E-state index in [9.17, 15) is 9.18 Å². The van der Waals surface area contributed by atoms with Gasteiger partial charge < -0.3 is 14.6 Å². The van der Waals surface area contributed by atoms with E-state index in [1.165, 1.54) is 6.07 Å². The monoisotopic (exact) mass is 505 g/mol. The summed E-state index contributed by atoms with van der Waals surface area (Å²) in [5.74, 6) is 0.117. The van der Waals surface area contributed by atoms with Crippen molar-refractivity contribution in [2.24, 2.45) is 0 Å². The van der Waals surface area contributed by atoms with Gasteiger partial charge >= 0.3 is 5.97 Å². The number of nitrogens with zero attached hydrogens (tertiary/aromatic N) is 1. The third-order valence-corrected chi connectivity index (χ3v) is 7.43. The van der Waals surface area contributed by atoms with Gasteiger partial charge in [0.05, 0.1) is 13.5 Å². The lowest BCUT2D eigenvalue weighted by Gasteiger charge is -2.27. The van der Waals surface area contributed by atoms with Crippen molar-refractivity contribution >= 4 is 5.97 Å². The zero-order valence-electron chi connectivity index (χ0n) is 22.0. The van der Waals surface area contributed by atoms with Crippen LogP contribution in [0.25, 0.3) is 11.1 Å². The molecule has 0 amide bonds. The Morgan fingerprint density at radius 3 is 2.49 bits per heavy atom. The van der Waals surface area contributed by atoms with Crippen LogP contribution in [0.5, 0.6) is 11.5 Å². The smallest absolute Gasteiger partial charge is 0.303 e. The van der Waals surface area contributed by atoms with Gasteiger partial charge in [0.25, 0.3) is 0 Å². The Labute approximate surface area is 218 Å². The van der Waals surface area contributed by atoms with Crippen LogP contribution in [0.15, 0.2) is 60.7 Å². The molecule has 0 radical (unpaired) electrons. The van der Waals surface area contributed by atoms with Crippen molar-refractivity contribution in [3.63, 3.8) is 0 Å². The summed E-state index contributed by atoms with van der Waals surface area (Å²) in [6.07, 6.45) is 2.38. The van der Waals surface area contributed by atoms with Crippen LogP contribution in [-0.2, 0) is 17.9 Å². The van der Waals surface area contributed by atoms with Crippen molar-refractivity contribution in [1.29, 1.82) is 0 Å². The SMILES string of the molecule is COc1ccc(F)c(-c2ccc(COc3cccc(C(C)CC(=O)O)c3)cc2CN2[C@H](C)CC[C@H]2C)c1. The van der Waals surface area contributed by atoms with Crippen LogP contribution in [0.2, 0.25) is 0 Å². The number of aliphatic carboxylic acids is 1. The number of carboxylic acid groups (broad SMARTS) is 1. The third-order valence-electron chi connectivity index (χ3n) is 7.43. The summed E-state index contributed by atoms with van der Waals surface area (Å²) in [4.78, 5) is 13.6. The zero-order chi connectivity index (χ0) is 26.5. The predicted molar refractivity (Wildman–Crippen MR) is 144 cm³/mol. The average molecular weight is 506 g/mol. The molecule has 0 saturated carbocycles. The van der Waals surface area contributed by atoms with Crippen molar-refractivity contribution in [3.8, 4) is 22.6 Å². The number of hydrogen-bond acceptors (Lipinski definition) is 4. The quantitative estimate of drug-likeness (QED) is 0.321. The molecule has 1 aliphatic rings. The zero-order valence-corrected chi connectivity index (χ0v) is 22.0. The molecule has 3 aromatic rings. The molecule has 1 aliphatic heterocycles. The maximum absolute atomic E-state index is 15.0. The summed E-state index contributed by atoms with van der Waals surface area (Å²) in [7, 11) is 1.59. The lowest BCUT2D eigenvalue weighted by atomic mass is 9.96. The number of halogens is 1. The molecule has 1 heterocycles. The molecule has 196 valence electrons. The summed E-state index contributed by atoms with van der Waals surface area (Å²) in [5, 5.41) is 9.11. The first-order chi connectivity index (χ1) is 17.7. The number of carbonyl (C=O) groups is 1. The first kappa shape index (κ1) is 26.7. The fraction of sp³-hybridized carbons (Fsp3) is 0.387. The fourth-order valence-electron chi connectivity index (χ4n) is 5.18. The Kier molecular flexibility index (Phi) is 8.49. The van der Waals surface area contributed by atoms with Gasteiger partial charge in [0, 0.05) is 24.2 Å². The highest BCUT2D eigenvalue weighted by Crippen LogP contribution is 2.34. The molecule has 5 nitrogen and oxygen atoms in total. The molecular weight excluding hydrogens is 469 g/mol. The second-order valence-corrected chi connectivity index (χ2v) is 10.1. The standard InChI is InChI=1S/C31H36FNO4/c1-20(14-31(34)35)24-6-5-7-27(16-24)37-19-23-10-12-28(29-17-26(36-4)11-13-30(29)32)25(15-23)18-33-21(2)8-9-22(33)3/h5-7,10-13,15-17,20-22H,8-9,14,18-19H2,1-4H3,(H,34,35)/t20?,21-,22-/m1/s1. The molecule has 0 spiro atoms. The van der Waals surface area contributed by atoms with Gasteiger partial charge in [0.1, 0.15) is 23.9 Å². The highest BCUT2D eigenvalue weighted by Gasteiger charge is 2.28. The Hall–Kier alpha value is -3.38. The first-order valence-corrected chi connectivity index (χ1v) is 12.9. The second-order valence-electron chi connectivity index (χ2n) is 10.1. The van der Waals surface area contributed by atoms with Crippen molar-refractivity contribution in [2.75, 3.05) is 7.11 Å². The van der Waals surface area contributed by atoms with Gasteiger partial charge in [-0.2, -0.15) is 0 Å². The molecular formula is C31H36FNO4. The van der Waals surface area contributed by atoms with Crippen LogP contribution in [0.1, 0.15) is 62.6 Å². The Morgan fingerprint density at radius 1 is 1.03 bits per heavy atom. The van der Waals surface area contributed by atoms with Crippen LogP contribution in [0, 0.1) is 5.82 Å². The van der Waals surface area contributed by atoms with Crippen molar-refractivity contribution in [3.05, 3.63) is 83.2 Å². The number of carboxylic acids is 1. The summed E-state index contributed by atoms with van der Waals surface area (Å²) in [6, 6.07) is 19.4. The Bertz CT molecular complexity index is 1230. The van der Waals surface area contributed by atoms with Gasteiger partial charge in [-0.05, 0) is 85.2 Å². The van der Waals surface area contributed by atoms with E-state index in [-0.39, 0.29) is 18.2 Å². The topological polar surface area (TPSA) is 59.0 Å². The first-order valence-electron chi connectivity index (χ1n) is 12.9. The van der Waals surface area contributed by atoms with Gasteiger partial charge in [0.2, 0.25) is 0 Å². The largest absolute Gasteiger partial charge is 0.497 e. The number of methoxy groups -OCH3 is 1. The number of hydrogen-bond donors (Lipinski definition) is 1. The molecule has 4 rings (SSSR count). The van der Waals surface area contributed by atoms with E-state index in [0.29, 0.717) is 35.8 Å². The van der Waals surface area contributed by atoms with Crippen LogP contribution < -0.4 is 9.47 Å². The summed E-state index contributed by atoms with van der Waals surface area (Å²) in [6.45, 7) is 7.48. The van der Waals surface area contributed by atoms with Crippen LogP contribution in [-0.4, -0.2) is 35.2 Å². The van der Waals surface area contributed by atoms with E-state index in [0.717, 1.165) is 41.6 Å². The minimum atomic E-state index is -0.819. The average Bonchev–Trinajstić information content (AvgIpc) is 3.20. The van der Waals surface area contributed by atoms with Gasteiger partial charge in [-0.25, -0.2) is 4.39 Å². The van der Waals surface area contributed by atoms with Gasteiger partial charge in [-0.1, -0.05) is 37.3 Å². The molecule has 3 atom stereocenters. The molecule has 1 N–H and O–H groups in total. The minimum absolute atomic E-state index is 0.0719. The lowest BCUT2D eigenvalue weighted by Crippen LogP contribution is -2.32. The van der Waals surface area contributed by atoms with E-state index >= 15 is 0 Å². The summed E-state index contributed by atoms with van der Waals surface area (Å²) >= 11 is 0. The lowest BCUT2D eigenvalue weighted by molar-refractivity contribution is -0.137. The van der Waals surface area contributed by atoms with Crippen molar-refractivity contribution in [1.82, 2.24) is 4.90 Å². The molecule has 1 saturated heterocycles. The molecule has 37 heavy (non-hydrogen) atoms. The molecule has 1 fully saturated rings. The number of ether oxygens (including phenoxy) is 2. The molecule has 0 aromatic heterocycles.